The summed E-state index contributed by atoms with van der Waals surface area (Å²) < 4.78 is 6.54. The number of ether oxygens (including phenoxy) is 1. The van der Waals surface area contributed by atoms with E-state index in [4.69, 9.17) is 9.72 Å². The van der Waals surface area contributed by atoms with Crippen molar-refractivity contribution in [3.05, 3.63) is 48.5 Å². The zero-order valence-electron chi connectivity index (χ0n) is 15.1. The van der Waals surface area contributed by atoms with Crippen LogP contribution in [0.1, 0.15) is 0 Å². The number of thiazole rings is 1. The van der Waals surface area contributed by atoms with Crippen LogP contribution in [-0.2, 0) is 4.79 Å². The van der Waals surface area contributed by atoms with E-state index in [2.05, 4.69) is 11.0 Å². The molecule has 7 heteroatoms. The summed E-state index contributed by atoms with van der Waals surface area (Å²) in [5, 5.41) is 1.00. The van der Waals surface area contributed by atoms with E-state index in [1.165, 1.54) is 0 Å². The summed E-state index contributed by atoms with van der Waals surface area (Å²) in [5.74, 6) is 1.50. The van der Waals surface area contributed by atoms with Crippen LogP contribution >= 0.6 is 23.1 Å². The number of anilines is 1. The minimum absolute atomic E-state index is 0.203. The van der Waals surface area contributed by atoms with Crippen molar-refractivity contribution in [3.8, 4) is 5.75 Å². The van der Waals surface area contributed by atoms with Crippen LogP contribution in [0.2, 0.25) is 0 Å². The fourth-order valence-corrected chi connectivity index (χ4v) is 4.97. The van der Waals surface area contributed by atoms with Crippen LogP contribution in [0.25, 0.3) is 10.2 Å². The van der Waals surface area contributed by atoms with Crippen LogP contribution in [0, 0.1) is 0 Å². The number of aromatic nitrogens is 1. The van der Waals surface area contributed by atoms with Gasteiger partial charge in [-0.25, -0.2) is 4.98 Å². The van der Waals surface area contributed by atoms with Crippen molar-refractivity contribution in [1.29, 1.82) is 0 Å². The van der Waals surface area contributed by atoms with Crippen molar-refractivity contribution in [2.45, 2.75) is 4.90 Å². The number of carbonyl (C=O) groups excluding carboxylic acids is 1. The van der Waals surface area contributed by atoms with Crippen molar-refractivity contribution >= 4 is 44.4 Å². The molecule has 0 saturated carbocycles. The molecule has 1 saturated heterocycles. The maximum absolute atomic E-state index is 12.5. The zero-order valence-corrected chi connectivity index (χ0v) is 16.8. The second kappa shape index (κ2) is 8.19. The maximum atomic E-state index is 12.5. The number of hydrogen-bond acceptors (Lipinski definition) is 6. The number of piperazine rings is 1. The lowest BCUT2D eigenvalue weighted by atomic mass is 10.3. The van der Waals surface area contributed by atoms with E-state index in [9.17, 15) is 4.79 Å². The molecule has 1 aliphatic heterocycles. The monoisotopic (exact) mass is 399 g/mol. The molecule has 0 atom stereocenters. The number of methoxy groups -OCH3 is 1. The van der Waals surface area contributed by atoms with Crippen molar-refractivity contribution in [3.63, 3.8) is 0 Å². The Balaban J connectivity index is 1.35. The largest absolute Gasteiger partial charge is 0.494 e. The van der Waals surface area contributed by atoms with E-state index < -0.39 is 0 Å². The third-order valence-corrected chi connectivity index (χ3v) is 6.68. The average Bonchev–Trinajstić information content (AvgIpc) is 3.17. The number of rotatable bonds is 5. The van der Waals surface area contributed by atoms with Crippen molar-refractivity contribution in [2.24, 2.45) is 0 Å². The molecule has 1 aliphatic rings. The maximum Gasteiger partial charge on any atom is 0.233 e. The van der Waals surface area contributed by atoms with Crippen LogP contribution in [0.3, 0.4) is 0 Å². The van der Waals surface area contributed by atoms with E-state index in [-0.39, 0.29) is 5.91 Å². The molecule has 4 rings (SSSR count). The Hall–Kier alpha value is -2.25. The topological polar surface area (TPSA) is 45.7 Å². The van der Waals surface area contributed by atoms with Gasteiger partial charge in [-0.3, -0.25) is 4.79 Å². The summed E-state index contributed by atoms with van der Waals surface area (Å²) in [6.45, 7) is 3.09. The van der Waals surface area contributed by atoms with Gasteiger partial charge in [0, 0.05) is 31.1 Å². The van der Waals surface area contributed by atoms with Gasteiger partial charge in [0.1, 0.15) is 11.3 Å². The first kappa shape index (κ1) is 18.1. The molecule has 0 N–H and O–H groups in total. The summed E-state index contributed by atoms with van der Waals surface area (Å²) >= 11 is 3.28. The number of fused-ring (bicyclic) bond motifs is 1. The molecule has 1 amide bonds. The van der Waals surface area contributed by atoms with E-state index in [1.54, 1.807) is 30.2 Å². The third-order valence-electron chi connectivity index (χ3n) is 4.60. The molecule has 27 heavy (non-hydrogen) atoms. The highest BCUT2D eigenvalue weighted by molar-refractivity contribution is 8.00. The first-order valence-corrected chi connectivity index (χ1v) is 10.7. The molecule has 0 spiro atoms. The standard InChI is InChI=1S/C20H21N3O2S2/c1-25-16-8-5-9-17-19(16)21-20(27-17)23-12-10-22(11-13-23)18(24)14-26-15-6-3-2-4-7-15/h2-9H,10-14H2,1H3. The number of nitrogens with zero attached hydrogens (tertiary/aromatic N) is 3. The molecule has 3 aromatic rings. The quantitative estimate of drug-likeness (QED) is 0.612. The van der Waals surface area contributed by atoms with Crippen molar-refractivity contribution in [2.75, 3.05) is 43.9 Å². The molecular formula is C20H21N3O2S2. The summed E-state index contributed by atoms with van der Waals surface area (Å²) in [6, 6.07) is 16.1. The second-order valence-corrected chi connectivity index (χ2v) is 8.33. The summed E-state index contributed by atoms with van der Waals surface area (Å²) in [4.78, 5) is 22.6. The Morgan fingerprint density at radius 1 is 1.11 bits per heavy atom. The normalized spacial score (nSPS) is 14.6. The zero-order chi connectivity index (χ0) is 18.6. The van der Waals surface area contributed by atoms with Gasteiger partial charge in [0.25, 0.3) is 0 Å². The van der Waals surface area contributed by atoms with Crippen molar-refractivity contribution < 1.29 is 9.53 Å². The molecule has 1 aromatic heterocycles. The molecule has 0 radical (unpaired) electrons. The molecule has 140 valence electrons. The first-order valence-electron chi connectivity index (χ1n) is 8.89. The molecule has 0 unspecified atom stereocenters. The highest BCUT2D eigenvalue weighted by Crippen LogP contribution is 2.34. The van der Waals surface area contributed by atoms with Gasteiger partial charge >= 0.3 is 0 Å². The van der Waals surface area contributed by atoms with Crippen LogP contribution in [0.4, 0.5) is 5.13 Å². The van der Waals surface area contributed by atoms with Gasteiger partial charge in [-0.2, -0.15) is 0 Å². The first-order chi connectivity index (χ1) is 13.2. The molecule has 5 nitrogen and oxygen atoms in total. The summed E-state index contributed by atoms with van der Waals surface area (Å²) in [6.07, 6.45) is 0. The fourth-order valence-electron chi connectivity index (χ4n) is 3.11. The van der Waals surface area contributed by atoms with E-state index >= 15 is 0 Å². The second-order valence-electron chi connectivity index (χ2n) is 6.27. The van der Waals surface area contributed by atoms with Gasteiger partial charge in [-0.15, -0.1) is 11.8 Å². The van der Waals surface area contributed by atoms with Gasteiger partial charge in [-0.05, 0) is 24.3 Å². The van der Waals surface area contributed by atoms with Gasteiger partial charge in [-0.1, -0.05) is 35.6 Å². The molecule has 0 aliphatic carbocycles. The van der Waals surface area contributed by atoms with Gasteiger partial charge in [0.05, 0.1) is 17.6 Å². The Morgan fingerprint density at radius 2 is 1.89 bits per heavy atom. The SMILES string of the molecule is COc1cccc2sc(N3CCN(C(=O)CSc4ccccc4)CC3)nc12. The number of amides is 1. The number of benzene rings is 2. The average molecular weight is 400 g/mol. The Bertz CT molecular complexity index is 921. The van der Waals surface area contributed by atoms with E-state index in [0.717, 1.165) is 52.2 Å². The number of thioether (sulfide) groups is 1. The predicted molar refractivity (Wildman–Crippen MR) is 112 cm³/mol. The lowest BCUT2D eigenvalue weighted by molar-refractivity contribution is -0.128. The van der Waals surface area contributed by atoms with Crippen LogP contribution in [0.5, 0.6) is 5.75 Å². The number of carbonyl (C=O) groups is 1. The van der Waals surface area contributed by atoms with Crippen molar-refractivity contribution in [1.82, 2.24) is 9.88 Å². The lowest BCUT2D eigenvalue weighted by Crippen LogP contribution is -2.49. The van der Waals surface area contributed by atoms with E-state index in [1.807, 2.05) is 47.4 Å². The minimum Gasteiger partial charge on any atom is -0.494 e. The predicted octanol–water partition coefficient (Wildman–Crippen LogP) is 3.75. The number of hydrogen-bond donors (Lipinski definition) is 0. The lowest BCUT2D eigenvalue weighted by Gasteiger charge is -2.34. The highest BCUT2D eigenvalue weighted by Gasteiger charge is 2.23. The summed E-state index contributed by atoms with van der Waals surface area (Å²) in [5.41, 5.74) is 0.915. The van der Waals surface area contributed by atoms with Gasteiger partial charge in [0.15, 0.2) is 5.13 Å². The Kier molecular flexibility index (Phi) is 5.50. The summed E-state index contributed by atoms with van der Waals surface area (Å²) in [7, 11) is 1.67. The van der Waals surface area contributed by atoms with Crippen LogP contribution in [0.15, 0.2) is 53.4 Å². The molecule has 0 bridgehead atoms. The van der Waals surface area contributed by atoms with Crippen LogP contribution < -0.4 is 9.64 Å². The Labute approximate surface area is 166 Å². The molecule has 2 heterocycles. The van der Waals surface area contributed by atoms with Gasteiger partial charge < -0.3 is 14.5 Å². The highest BCUT2D eigenvalue weighted by atomic mass is 32.2. The minimum atomic E-state index is 0.203. The van der Waals surface area contributed by atoms with Crippen LogP contribution in [-0.4, -0.2) is 54.8 Å². The fraction of sp³-hybridized carbons (Fsp3) is 0.300. The van der Waals surface area contributed by atoms with Gasteiger partial charge in [0.2, 0.25) is 5.91 Å². The Morgan fingerprint density at radius 3 is 2.63 bits per heavy atom. The number of para-hydroxylation sites is 1. The van der Waals surface area contributed by atoms with E-state index in [0.29, 0.717) is 5.75 Å². The molecule has 2 aromatic carbocycles. The third kappa shape index (κ3) is 4.04. The smallest absolute Gasteiger partial charge is 0.233 e. The molecular weight excluding hydrogens is 378 g/mol. The molecule has 1 fully saturated rings.